The van der Waals surface area contributed by atoms with E-state index < -0.39 is 0 Å². The molecule has 0 saturated carbocycles. The third kappa shape index (κ3) is 1.81. The smallest absolute Gasteiger partial charge is 0.134 e. The van der Waals surface area contributed by atoms with E-state index in [1.54, 1.807) is 18.3 Å². The number of carbonyl (C=O) groups is 1. The number of rotatable bonds is 2. The van der Waals surface area contributed by atoms with Crippen molar-refractivity contribution in [3.8, 4) is 0 Å². The van der Waals surface area contributed by atoms with Crippen LogP contribution in [0.3, 0.4) is 0 Å². The van der Waals surface area contributed by atoms with Crippen LogP contribution < -0.4 is 0 Å². The number of carbonyl (C=O) groups excluding carboxylic acids is 1. The first-order valence-electron chi connectivity index (χ1n) is 4.32. The van der Waals surface area contributed by atoms with E-state index in [0.29, 0.717) is 6.42 Å². The average Bonchev–Trinajstić information content (AvgIpc) is 2.47. The first kappa shape index (κ1) is 9.69. The number of fused-ring (bicyclic) bond motifs is 1. The molecule has 0 amide bonds. The minimum absolute atomic E-state index is 0.194. The molecule has 14 heavy (non-hydrogen) atoms. The fraction of sp³-hybridized carbons (Fsp3) is 0.182. The zero-order chi connectivity index (χ0) is 10.1. The van der Waals surface area contributed by atoms with Crippen molar-refractivity contribution in [2.45, 2.75) is 13.3 Å². The Morgan fingerprint density at radius 1 is 1.50 bits per heavy atom. The maximum atomic E-state index is 11.0. The molecule has 0 aliphatic heterocycles. The van der Waals surface area contributed by atoms with E-state index in [1.165, 1.54) is 0 Å². The van der Waals surface area contributed by atoms with Crippen molar-refractivity contribution in [3.05, 3.63) is 34.2 Å². The lowest BCUT2D eigenvalue weighted by Crippen LogP contribution is -1.94. The van der Waals surface area contributed by atoms with Gasteiger partial charge >= 0.3 is 0 Å². The van der Waals surface area contributed by atoms with E-state index in [1.807, 2.05) is 23.6 Å². The molecule has 0 saturated heterocycles. The first-order valence-corrected chi connectivity index (χ1v) is 5.57. The quantitative estimate of drug-likeness (QED) is 0.761. The van der Waals surface area contributed by atoms with E-state index in [9.17, 15) is 4.79 Å². The Bertz CT molecular complexity index is 487. The summed E-state index contributed by atoms with van der Waals surface area (Å²) < 4.78 is 1.15. The van der Waals surface area contributed by atoms with Gasteiger partial charge in [0.15, 0.2) is 0 Å². The van der Waals surface area contributed by atoms with Gasteiger partial charge in [-0.2, -0.15) is 0 Å². The van der Waals surface area contributed by atoms with Crippen LogP contribution in [0.15, 0.2) is 23.6 Å². The summed E-state index contributed by atoms with van der Waals surface area (Å²) in [5, 5.41) is 3.92. The molecular weight excluding hydrogens is 216 g/mol. The summed E-state index contributed by atoms with van der Waals surface area (Å²) in [7, 11) is 0. The molecule has 1 aromatic heterocycles. The van der Waals surface area contributed by atoms with Crippen molar-refractivity contribution in [2.75, 3.05) is 0 Å². The second-order valence-corrected chi connectivity index (χ2v) is 4.63. The molecule has 1 heterocycles. The molecule has 0 fully saturated rings. The van der Waals surface area contributed by atoms with Crippen molar-refractivity contribution < 1.29 is 4.79 Å². The lowest BCUT2D eigenvalue weighted by atomic mass is 10.1. The molecule has 72 valence electrons. The molecule has 1 aromatic carbocycles. The number of Topliss-reactive ketones (excluding diaryl/α,β-unsaturated/α-hetero) is 1. The van der Waals surface area contributed by atoms with Crippen molar-refractivity contribution in [1.82, 2.24) is 0 Å². The molecule has 0 bridgehead atoms. The minimum atomic E-state index is 0.194. The monoisotopic (exact) mass is 224 g/mol. The zero-order valence-corrected chi connectivity index (χ0v) is 9.28. The SMILES string of the molecule is CC(=O)Cc1csc2cc(Cl)ccc12. The maximum Gasteiger partial charge on any atom is 0.134 e. The Labute approximate surface area is 91.3 Å². The van der Waals surface area contributed by atoms with E-state index >= 15 is 0 Å². The van der Waals surface area contributed by atoms with Gasteiger partial charge in [-0.3, -0.25) is 4.79 Å². The molecule has 1 nitrogen and oxygen atoms in total. The van der Waals surface area contributed by atoms with Crippen LogP contribution in [-0.4, -0.2) is 5.78 Å². The first-order chi connectivity index (χ1) is 6.66. The van der Waals surface area contributed by atoms with Crippen LogP contribution in [0.1, 0.15) is 12.5 Å². The van der Waals surface area contributed by atoms with Gasteiger partial charge in [0, 0.05) is 16.1 Å². The van der Waals surface area contributed by atoms with E-state index in [4.69, 9.17) is 11.6 Å². The van der Waals surface area contributed by atoms with Gasteiger partial charge in [0.1, 0.15) is 5.78 Å². The van der Waals surface area contributed by atoms with Crippen LogP contribution in [0.25, 0.3) is 10.1 Å². The highest BCUT2D eigenvalue weighted by atomic mass is 35.5. The van der Waals surface area contributed by atoms with Gasteiger partial charge in [0.05, 0.1) is 0 Å². The van der Waals surface area contributed by atoms with Crippen molar-refractivity contribution in [1.29, 1.82) is 0 Å². The third-order valence-corrected chi connectivity index (χ3v) is 3.29. The molecule has 0 unspecified atom stereocenters. The predicted molar refractivity (Wildman–Crippen MR) is 61.2 cm³/mol. The Hall–Kier alpha value is -0.860. The fourth-order valence-corrected chi connectivity index (χ4v) is 2.70. The van der Waals surface area contributed by atoms with Gasteiger partial charge in [-0.1, -0.05) is 17.7 Å². The number of hydrogen-bond acceptors (Lipinski definition) is 2. The fourth-order valence-electron chi connectivity index (χ4n) is 1.46. The Balaban J connectivity index is 2.52. The van der Waals surface area contributed by atoms with Crippen LogP contribution in [0, 0.1) is 0 Å². The molecule has 0 aliphatic rings. The third-order valence-electron chi connectivity index (χ3n) is 2.06. The molecule has 0 N–H and O–H groups in total. The number of benzene rings is 1. The summed E-state index contributed by atoms with van der Waals surface area (Å²) >= 11 is 7.51. The van der Waals surface area contributed by atoms with Crippen LogP contribution in [0.2, 0.25) is 5.02 Å². The molecule has 3 heteroatoms. The summed E-state index contributed by atoms with van der Waals surface area (Å²) in [6.07, 6.45) is 0.516. The van der Waals surface area contributed by atoms with Crippen LogP contribution in [-0.2, 0) is 11.2 Å². The summed E-state index contributed by atoms with van der Waals surface area (Å²) in [6, 6.07) is 5.78. The van der Waals surface area contributed by atoms with Gasteiger partial charge in [-0.15, -0.1) is 11.3 Å². The molecule has 0 spiro atoms. The van der Waals surface area contributed by atoms with Gasteiger partial charge < -0.3 is 0 Å². The van der Waals surface area contributed by atoms with Crippen molar-refractivity contribution in [3.63, 3.8) is 0 Å². The standard InChI is InChI=1S/C11H9ClOS/c1-7(13)4-8-6-14-11-5-9(12)2-3-10(8)11/h2-3,5-6H,4H2,1H3. The Morgan fingerprint density at radius 2 is 2.29 bits per heavy atom. The maximum absolute atomic E-state index is 11.0. The topological polar surface area (TPSA) is 17.1 Å². The zero-order valence-electron chi connectivity index (χ0n) is 7.71. The number of halogens is 1. The van der Waals surface area contributed by atoms with E-state index in [2.05, 4.69) is 0 Å². The number of ketones is 1. The Kier molecular flexibility index (Phi) is 2.57. The van der Waals surface area contributed by atoms with Gasteiger partial charge in [0.25, 0.3) is 0 Å². The highest BCUT2D eigenvalue weighted by Gasteiger charge is 2.06. The molecule has 0 atom stereocenters. The minimum Gasteiger partial charge on any atom is -0.300 e. The molecular formula is C11H9ClOS. The average molecular weight is 225 g/mol. The van der Waals surface area contributed by atoms with E-state index in [-0.39, 0.29) is 5.78 Å². The largest absolute Gasteiger partial charge is 0.300 e. The summed E-state index contributed by atoms with van der Waals surface area (Å²) in [5.41, 5.74) is 1.11. The second-order valence-electron chi connectivity index (χ2n) is 3.28. The van der Waals surface area contributed by atoms with E-state index in [0.717, 1.165) is 20.7 Å². The van der Waals surface area contributed by atoms with Crippen LogP contribution in [0.5, 0.6) is 0 Å². The van der Waals surface area contributed by atoms with Gasteiger partial charge in [-0.25, -0.2) is 0 Å². The predicted octanol–water partition coefficient (Wildman–Crippen LogP) is 3.69. The summed E-state index contributed by atoms with van der Waals surface area (Å²) in [5.74, 6) is 0.194. The van der Waals surface area contributed by atoms with Gasteiger partial charge in [-0.05, 0) is 35.4 Å². The van der Waals surface area contributed by atoms with Crippen LogP contribution in [0.4, 0.5) is 0 Å². The van der Waals surface area contributed by atoms with Crippen LogP contribution >= 0.6 is 22.9 Å². The summed E-state index contributed by atoms with van der Waals surface area (Å²) in [6.45, 7) is 1.61. The highest BCUT2D eigenvalue weighted by molar-refractivity contribution is 7.17. The lowest BCUT2D eigenvalue weighted by Gasteiger charge is -1.95. The molecule has 2 rings (SSSR count). The van der Waals surface area contributed by atoms with Gasteiger partial charge in [0.2, 0.25) is 0 Å². The normalized spacial score (nSPS) is 10.7. The van der Waals surface area contributed by atoms with Crippen molar-refractivity contribution in [2.24, 2.45) is 0 Å². The molecule has 2 aromatic rings. The van der Waals surface area contributed by atoms with Crippen molar-refractivity contribution >= 4 is 38.8 Å². The molecule has 0 radical (unpaired) electrons. The highest BCUT2D eigenvalue weighted by Crippen LogP contribution is 2.28. The lowest BCUT2D eigenvalue weighted by molar-refractivity contribution is -0.116. The number of hydrogen-bond donors (Lipinski definition) is 0. The summed E-state index contributed by atoms with van der Waals surface area (Å²) in [4.78, 5) is 11.0. The molecule has 0 aliphatic carbocycles. The number of thiophene rings is 1. The Morgan fingerprint density at radius 3 is 3.00 bits per heavy atom. The second kappa shape index (κ2) is 3.71.